The van der Waals surface area contributed by atoms with Gasteiger partial charge in [0.2, 0.25) is 5.91 Å². The van der Waals surface area contributed by atoms with Crippen molar-refractivity contribution >= 4 is 29.0 Å². The largest absolute Gasteiger partial charge is 0.497 e. The molecule has 2 aromatic carbocycles. The van der Waals surface area contributed by atoms with Crippen LogP contribution in [0.5, 0.6) is 5.75 Å². The summed E-state index contributed by atoms with van der Waals surface area (Å²) in [5.41, 5.74) is 1.68. The van der Waals surface area contributed by atoms with Crippen LogP contribution in [0.4, 0.5) is 10.5 Å². The number of nitrogens with one attached hydrogen (secondary N) is 1. The van der Waals surface area contributed by atoms with E-state index in [1.807, 2.05) is 42.2 Å². The van der Waals surface area contributed by atoms with E-state index in [4.69, 9.17) is 9.47 Å². The van der Waals surface area contributed by atoms with Crippen LogP contribution < -0.4 is 10.1 Å². The second-order valence-electron chi connectivity index (χ2n) is 8.38. The minimum Gasteiger partial charge on any atom is -0.497 e. The van der Waals surface area contributed by atoms with Gasteiger partial charge in [0.05, 0.1) is 13.7 Å². The van der Waals surface area contributed by atoms with Crippen LogP contribution in [0.25, 0.3) is 0 Å². The van der Waals surface area contributed by atoms with E-state index in [1.165, 1.54) is 4.88 Å². The average molecular weight is 510 g/mol. The van der Waals surface area contributed by atoms with Gasteiger partial charge in [0.1, 0.15) is 12.3 Å². The van der Waals surface area contributed by atoms with Gasteiger partial charge in [-0.3, -0.25) is 4.79 Å². The summed E-state index contributed by atoms with van der Waals surface area (Å²) in [5, 5.41) is 2.90. The number of hydrogen-bond donors (Lipinski definition) is 1. The number of nitrogens with zero attached hydrogens (tertiary/aromatic N) is 2. The molecule has 3 aromatic rings. The van der Waals surface area contributed by atoms with Crippen LogP contribution in [0.2, 0.25) is 0 Å². The molecule has 8 heteroatoms. The third-order valence-corrected chi connectivity index (χ3v) is 6.57. The number of ether oxygens (including phenoxy) is 2. The third kappa shape index (κ3) is 8.70. The highest BCUT2D eigenvalue weighted by molar-refractivity contribution is 7.11. The molecule has 0 unspecified atom stereocenters. The second-order valence-corrected chi connectivity index (χ2v) is 9.75. The molecule has 1 aromatic heterocycles. The fourth-order valence-corrected chi connectivity index (χ4v) is 4.59. The second kappa shape index (κ2) is 14.3. The molecule has 0 aliphatic heterocycles. The third-order valence-electron chi connectivity index (χ3n) is 5.59. The van der Waals surface area contributed by atoms with Gasteiger partial charge in [-0.05, 0) is 62.2 Å². The zero-order valence-corrected chi connectivity index (χ0v) is 22.1. The molecule has 3 rings (SSSR count). The van der Waals surface area contributed by atoms with Crippen LogP contribution in [-0.2, 0) is 22.6 Å². The molecule has 1 heterocycles. The number of carbonyl (C=O) groups is 2. The van der Waals surface area contributed by atoms with Gasteiger partial charge in [0.25, 0.3) is 0 Å². The first-order chi connectivity index (χ1) is 17.5. The molecular weight excluding hydrogens is 474 g/mol. The molecule has 36 heavy (non-hydrogen) atoms. The summed E-state index contributed by atoms with van der Waals surface area (Å²) in [4.78, 5) is 32.4. The molecule has 0 aliphatic carbocycles. The standard InChI is InChI=1S/C28H35N3O4S/c1-4-35-18-8-17-30(28(33)29-24-12-14-25(34-3)15-13-24)21-27(32)31(19-23-9-6-5-7-10-23)20-26-16-11-22(2)36-26/h5-7,9-16H,4,8,17-21H2,1-3H3,(H,29,33). The van der Waals surface area contributed by atoms with Crippen molar-refractivity contribution in [2.24, 2.45) is 0 Å². The molecule has 1 N–H and O–H groups in total. The van der Waals surface area contributed by atoms with E-state index in [-0.39, 0.29) is 18.5 Å². The van der Waals surface area contributed by atoms with Crippen molar-refractivity contribution in [1.29, 1.82) is 0 Å². The lowest BCUT2D eigenvalue weighted by molar-refractivity contribution is -0.133. The zero-order valence-electron chi connectivity index (χ0n) is 21.2. The highest BCUT2D eigenvalue weighted by Crippen LogP contribution is 2.20. The number of urea groups is 1. The van der Waals surface area contributed by atoms with Crippen LogP contribution in [0.3, 0.4) is 0 Å². The molecule has 7 nitrogen and oxygen atoms in total. The van der Waals surface area contributed by atoms with Crippen molar-refractivity contribution in [1.82, 2.24) is 9.80 Å². The average Bonchev–Trinajstić information content (AvgIpc) is 3.30. The molecule has 0 aliphatic rings. The molecule has 192 valence electrons. The Balaban J connectivity index is 1.74. The minimum atomic E-state index is -0.323. The molecule has 0 atom stereocenters. The Hall–Kier alpha value is -3.36. The summed E-state index contributed by atoms with van der Waals surface area (Å²) in [7, 11) is 1.60. The summed E-state index contributed by atoms with van der Waals surface area (Å²) in [6.45, 7) is 6.49. The number of thiophene rings is 1. The van der Waals surface area contributed by atoms with E-state index in [0.717, 1.165) is 10.4 Å². The Morgan fingerprint density at radius 1 is 0.944 bits per heavy atom. The van der Waals surface area contributed by atoms with E-state index < -0.39 is 0 Å². The van der Waals surface area contributed by atoms with E-state index in [1.54, 1.807) is 47.6 Å². The molecule has 0 spiro atoms. The molecular formula is C28H35N3O4S. The van der Waals surface area contributed by atoms with Gasteiger partial charge in [-0.2, -0.15) is 0 Å². The van der Waals surface area contributed by atoms with Gasteiger partial charge < -0.3 is 24.6 Å². The maximum absolute atomic E-state index is 13.6. The molecule has 0 saturated carbocycles. The number of rotatable bonds is 13. The van der Waals surface area contributed by atoms with Crippen molar-refractivity contribution in [3.63, 3.8) is 0 Å². The number of methoxy groups -OCH3 is 1. The predicted molar refractivity (Wildman–Crippen MR) is 144 cm³/mol. The Labute approximate surface area is 217 Å². The smallest absolute Gasteiger partial charge is 0.322 e. The maximum atomic E-state index is 13.6. The van der Waals surface area contributed by atoms with Crippen LogP contribution >= 0.6 is 11.3 Å². The first-order valence-corrected chi connectivity index (χ1v) is 12.9. The van der Waals surface area contributed by atoms with Gasteiger partial charge >= 0.3 is 6.03 Å². The Morgan fingerprint density at radius 3 is 2.33 bits per heavy atom. The maximum Gasteiger partial charge on any atom is 0.322 e. The van der Waals surface area contributed by atoms with Crippen LogP contribution in [0.15, 0.2) is 66.7 Å². The summed E-state index contributed by atoms with van der Waals surface area (Å²) in [6.07, 6.45) is 0.639. The summed E-state index contributed by atoms with van der Waals surface area (Å²) in [5.74, 6) is 0.600. The highest BCUT2D eigenvalue weighted by Gasteiger charge is 2.22. The number of carbonyl (C=O) groups excluding carboxylic acids is 2. The summed E-state index contributed by atoms with van der Waals surface area (Å²) < 4.78 is 10.6. The fourth-order valence-electron chi connectivity index (χ4n) is 3.69. The van der Waals surface area contributed by atoms with Crippen molar-refractivity contribution < 1.29 is 19.1 Å². The first kappa shape index (κ1) is 27.2. The van der Waals surface area contributed by atoms with Crippen molar-refractivity contribution in [3.05, 3.63) is 82.0 Å². The molecule has 0 radical (unpaired) electrons. The van der Waals surface area contributed by atoms with Gasteiger partial charge in [-0.25, -0.2) is 4.79 Å². The SMILES string of the molecule is CCOCCCN(CC(=O)N(Cc1ccccc1)Cc1ccc(C)s1)C(=O)Nc1ccc(OC)cc1. The van der Waals surface area contributed by atoms with Crippen LogP contribution in [-0.4, -0.2) is 55.2 Å². The summed E-state index contributed by atoms with van der Waals surface area (Å²) >= 11 is 1.68. The molecule has 0 bridgehead atoms. The Kier molecular flexibility index (Phi) is 10.8. The number of hydrogen-bond acceptors (Lipinski definition) is 5. The number of benzene rings is 2. The quantitative estimate of drug-likeness (QED) is 0.307. The fraction of sp³-hybridized carbons (Fsp3) is 0.357. The van der Waals surface area contributed by atoms with E-state index in [2.05, 4.69) is 24.4 Å². The molecule has 0 saturated heterocycles. The van der Waals surface area contributed by atoms with Crippen LogP contribution in [0, 0.1) is 6.92 Å². The van der Waals surface area contributed by atoms with Gasteiger partial charge in [-0.15, -0.1) is 11.3 Å². The Bertz CT molecular complexity index is 1090. The van der Waals surface area contributed by atoms with Crippen molar-refractivity contribution in [2.45, 2.75) is 33.4 Å². The predicted octanol–water partition coefficient (Wildman–Crippen LogP) is 5.55. The zero-order chi connectivity index (χ0) is 25.8. The minimum absolute atomic E-state index is 0.0225. The number of amides is 3. The van der Waals surface area contributed by atoms with Crippen LogP contribution in [0.1, 0.15) is 28.7 Å². The summed E-state index contributed by atoms with van der Waals surface area (Å²) in [6, 6.07) is 20.8. The van der Waals surface area contributed by atoms with E-state index in [0.29, 0.717) is 50.7 Å². The van der Waals surface area contributed by atoms with Crippen molar-refractivity contribution in [3.8, 4) is 5.75 Å². The number of anilines is 1. The van der Waals surface area contributed by atoms with E-state index in [9.17, 15) is 9.59 Å². The lowest BCUT2D eigenvalue weighted by atomic mass is 10.2. The lowest BCUT2D eigenvalue weighted by Gasteiger charge is -2.28. The number of aryl methyl sites for hydroxylation is 1. The first-order valence-electron chi connectivity index (χ1n) is 12.1. The van der Waals surface area contributed by atoms with E-state index >= 15 is 0 Å². The normalized spacial score (nSPS) is 10.6. The van der Waals surface area contributed by atoms with Gasteiger partial charge in [0.15, 0.2) is 0 Å². The lowest BCUT2D eigenvalue weighted by Crippen LogP contribution is -2.44. The highest BCUT2D eigenvalue weighted by atomic mass is 32.1. The van der Waals surface area contributed by atoms with Gasteiger partial charge in [-0.1, -0.05) is 30.3 Å². The molecule has 0 fully saturated rings. The molecule has 3 amide bonds. The van der Waals surface area contributed by atoms with Crippen molar-refractivity contribution in [2.75, 3.05) is 38.7 Å². The van der Waals surface area contributed by atoms with Gasteiger partial charge in [0, 0.05) is 41.7 Å². The Morgan fingerprint density at radius 2 is 1.69 bits per heavy atom. The monoisotopic (exact) mass is 509 g/mol. The topological polar surface area (TPSA) is 71.1 Å².